The smallest absolute Gasteiger partial charge is 0.306 e. The third kappa shape index (κ3) is 12.3. The van der Waals surface area contributed by atoms with Crippen LogP contribution >= 0.6 is 0 Å². The Morgan fingerprint density at radius 2 is 1.31 bits per heavy atom. The number of rotatable bonds is 20. The van der Waals surface area contributed by atoms with Gasteiger partial charge in [0.2, 0.25) is 0 Å². The highest BCUT2D eigenvalue weighted by atomic mass is 16.5. The van der Waals surface area contributed by atoms with Gasteiger partial charge >= 0.3 is 5.97 Å². The fourth-order valence-electron chi connectivity index (χ4n) is 6.04. The van der Waals surface area contributed by atoms with E-state index in [1.807, 2.05) is 13.0 Å². The Bertz CT molecular complexity index is 1080. The molecule has 230 valence electrons. The van der Waals surface area contributed by atoms with E-state index in [2.05, 4.69) is 62.4 Å². The Kier molecular flexibility index (Phi) is 15.7. The zero-order valence-electron chi connectivity index (χ0n) is 26.8. The zero-order chi connectivity index (χ0) is 30.0. The molecule has 0 radical (unpaired) electrons. The van der Waals surface area contributed by atoms with Gasteiger partial charge < -0.3 is 4.74 Å². The molecule has 3 heteroatoms. The SMILES string of the molecule is CCCCCCCCCCc1ccc(-c2ccc(C3=CC(=O)C(CCC(=O)OC(C)CCCCCC)CC3)cc2)cc1. The van der Waals surface area contributed by atoms with Crippen molar-refractivity contribution >= 4 is 17.3 Å². The van der Waals surface area contributed by atoms with Crippen LogP contribution in [0.2, 0.25) is 0 Å². The fourth-order valence-corrected chi connectivity index (χ4v) is 6.04. The largest absolute Gasteiger partial charge is 0.463 e. The molecule has 0 heterocycles. The number of hydrogen-bond donors (Lipinski definition) is 0. The molecule has 0 amide bonds. The van der Waals surface area contributed by atoms with Crippen LogP contribution in [0.5, 0.6) is 0 Å². The van der Waals surface area contributed by atoms with Crippen molar-refractivity contribution in [1.29, 1.82) is 0 Å². The molecule has 0 bridgehead atoms. The summed E-state index contributed by atoms with van der Waals surface area (Å²) < 4.78 is 5.58. The number of benzene rings is 2. The van der Waals surface area contributed by atoms with E-state index in [4.69, 9.17) is 4.74 Å². The normalized spacial score (nSPS) is 15.8. The van der Waals surface area contributed by atoms with Gasteiger partial charge in [-0.05, 0) is 85.8 Å². The quantitative estimate of drug-likeness (QED) is 0.117. The number of hydrogen-bond acceptors (Lipinski definition) is 3. The maximum absolute atomic E-state index is 12.9. The number of unbranched alkanes of at least 4 members (excludes halogenated alkanes) is 10. The molecule has 2 aromatic carbocycles. The van der Waals surface area contributed by atoms with Crippen molar-refractivity contribution in [3.05, 3.63) is 65.7 Å². The molecule has 3 rings (SSSR count). The van der Waals surface area contributed by atoms with Gasteiger partial charge in [0.05, 0.1) is 6.10 Å². The lowest BCUT2D eigenvalue weighted by molar-refractivity contribution is -0.148. The fraction of sp³-hybridized carbons (Fsp3) is 0.590. The number of ketones is 1. The van der Waals surface area contributed by atoms with Crippen molar-refractivity contribution in [2.75, 3.05) is 0 Å². The lowest BCUT2D eigenvalue weighted by atomic mass is 9.83. The van der Waals surface area contributed by atoms with E-state index in [1.165, 1.54) is 87.3 Å². The highest BCUT2D eigenvalue weighted by Crippen LogP contribution is 2.32. The second-order valence-corrected chi connectivity index (χ2v) is 12.5. The molecule has 2 aromatic rings. The Hall–Kier alpha value is -2.68. The summed E-state index contributed by atoms with van der Waals surface area (Å²) in [7, 11) is 0. The summed E-state index contributed by atoms with van der Waals surface area (Å²) in [6.45, 7) is 6.45. The van der Waals surface area contributed by atoms with Crippen LogP contribution in [0, 0.1) is 5.92 Å². The van der Waals surface area contributed by atoms with Gasteiger partial charge in [0, 0.05) is 12.3 Å². The van der Waals surface area contributed by atoms with Crippen molar-refractivity contribution in [3.8, 4) is 11.1 Å². The van der Waals surface area contributed by atoms with Crippen LogP contribution in [0.15, 0.2) is 54.6 Å². The summed E-state index contributed by atoms with van der Waals surface area (Å²) in [4.78, 5) is 25.2. The molecule has 0 saturated carbocycles. The van der Waals surface area contributed by atoms with E-state index in [9.17, 15) is 9.59 Å². The van der Waals surface area contributed by atoms with Crippen molar-refractivity contribution in [1.82, 2.24) is 0 Å². The van der Waals surface area contributed by atoms with Crippen molar-refractivity contribution in [3.63, 3.8) is 0 Å². The third-order valence-electron chi connectivity index (χ3n) is 8.84. The molecule has 1 aliphatic carbocycles. The van der Waals surface area contributed by atoms with Gasteiger partial charge in [-0.2, -0.15) is 0 Å². The summed E-state index contributed by atoms with van der Waals surface area (Å²) in [5.41, 5.74) is 6.08. The van der Waals surface area contributed by atoms with Gasteiger partial charge in [0.25, 0.3) is 0 Å². The second kappa shape index (κ2) is 19.5. The van der Waals surface area contributed by atoms with Gasteiger partial charge in [-0.25, -0.2) is 0 Å². The molecule has 2 atom stereocenters. The summed E-state index contributed by atoms with van der Waals surface area (Å²) in [6.07, 6.45) is 22.0. The van der Waals surface area contributed by atoms with Crippen molar-refractivity contribution in [2.24, 2.45) is 5.92 Å². The van der Waals surface area contributed by atoms with Crippen molar-refractivity contribution in [2.45, 2.75) is 142 Å². The van der Waals surface area contributed by atoms with Crippen LogP contribution in [0.3, 0.4) is 0 Å². The molecule has 1 aliphatic rings. The molecule has 3 nitrogen and oxygen atoms in total. The van der Waals surface area contributed by atoms with E-state index >= 15 is 0 Å². The van der Waals surface area contributed by atoms with Crippen LogP contribution < -0.4 is 0 Å². The lowest BCUT2D eigenvalue weighted by Gasteiger charge is -2.21. The van der Waals surface area contributed by atoms with Gasteiger partial charge in [-0.3, -0.25) is 9.59 Å². The number of ether oxygens (including phenoxy) is 1. The molecule has 0 N–H and O–H groups in total. The average Bonchev–Trinajstić information content (AvgIpc) is 3.00. The molecule has 0 aromatic heterocycles. The molecule has 0 saturated heterocycles. The minimum Gasteiger partial charge on any atom is -0.463 e. The molecule has 2 unspecified atom stereocenters. The third-order valence-corrected chi connectivity index (χ3v) is 8.84. The summed E-state index contributed by atoms with van der Waals surface area (Å²) in [5.74, 6) is -0.102. The maximum Gasteiger partial charge on any atom is 0.306 e. The van der Waals surface area contributed by atoms with Crippen LogP contribution in [0.4, 0.5) is 0 Å². The van der Waals surface area contributed by atoms with Gasteiger partial charge in [0.15, 0.2) is 5.78 Å². The summed E-state index contributed by atoms with van der Waals surface area (Å²) >= 11 is 0. The van der Waals surface area contributed by atoms with E-state index in [0.717, 1.165) is 43.2 Å². The molecular formula is C39H56O3. The molecule has 0 spiro atoms. The Balaban J connectivity index is 1.40. The van der Waals surface area contributed by atoms with E-state index in [0.29, 0.717) is 12.8 Å². The Labute approximate surface area is 256 Å². The average molecular weight is 573 g/mol. The zero-order valence-corrected chi connectivity index (χ0v) is 26.8. The second-order valence-electron chi connectivity index (χ2n) is 12.5. The molecule has 0 aliphatic heterocycles. The first kappa shape index (κ1) is 33.8. The summed E-state index contributed by atoms with van der Waals surface area (Å²) in [6, 6.07) is 17.6. The van der Waals surface area contributed by atoms with Crippen LogP contribution in [-0.2, 0) is 20.7 Å². The van der Waals surface area contributed by atoms with Gasteiger partial charge in [-0.15, -0.1) is 0 Å². The first-order valence-electron chi connectivity index (χ1n) is 17.1. The molecule has 42 heavy (non-hydrogen) atoms. The lowest BCUT2D eigenvalue weighted by Crippen LogP contribution is -2.20. The first-order chi connectivity index (χ1) is 20.5. The Morgan fingerprint density at radius 1 is 0.762 bits per heavy atom. The van der Waals surface area contributed by atoms with Gasteiger partial charge in [0.1, 0.15) is 0 Å². The predicted octanol–water partition coefficient (Wildman–Crippen LogP) is 11.1. The number of esters is 1. The van der Waals surface area contributed by atoms with Crippen LogP contribution in [-0.4, -0.2) is 17.9 Å². The number of carbonyl (C=O) groups is 2. The standard InChI is InChI=1S/C39H56O3/c1-4-6-8-10-11-12-13-15-17-32-18-20-33(21-19-32)34-22-24-35(25-23-34)37-27-26-36(38(40)30-37)28-29-39(41)42-31(3)16-14-9-7-5-2/h18-25,30-31,36H,4-17,26-29H2,1-3H3. The van der Waals surface area contributed by atoms with E-state index in [-0.39, 0.29) is 23.8 Å². The minimum atomic E-state index is -0.169. The highest BCUT2D eigenvalue weighted by molar-refractivity contribution is 6.00. The van der Waals surface area contributed by atoms with E-state index < -0.39 is 0 Å². The topological polar surface area (TPSA) is 43.4 Å². The highest BCUT2D eigenvalue weighted by Gasteiger charge is 2.24. The van der Waals surface area contributed by atoms with Crippen molar-refractivity contribution < 1.29 is 14.3 Å². The predicted molar refractivity (Wildman–Crippen MR) is 177 cm³/mol. The van der Waals surface area contributed by atoms with E-state index in [1.54, 1.807) is 0 Å². The number of carbonyl (C=O) groups excluding carboxylic acids is 2. The molecule has 0 fully saturated rings. The maximum atomic E-state index is 12.9. The van der Waals surface area contributed by atoms with Crippen LogP contribution in [0.1, 0.15) is 141 Å². The van der Waals surface area contributed by atoms with Gasteiger partial charge in [-0.1, -0.05) is 127 Å². The number of aryl methyl sites for hydroxylation is 1. The summed E-state index contributed by atoms with van der Waals surface area (Å²) in [5, 5.41) is 0. The molecular weight excluding hydrogens is 516 g/mol. The first-order valence-corrected chi connectivity index (χ1v) is 17.1. The minimum absolute atomic E-state index is 0.0384. The van der Waals surface area contributed by atoms with Crippen LogP contribution in [0.25, 0.3) is 16.7 Å². The monoisotopic (exact) mass is 572 g/mol. The Morgan fingerprint density at radius 3 is 1.93 bits per heavy atom. The number of allylic oxidation sites excluding steroid dienone is 2.